The summed E-state index contributed by atoms with van der Waals surface area (Å²) in [5, 5.41) is 2.75. The van der Waals surface area contributed by atoms with Gasteiger partial charge >= 0.3 is 0 Å². The SMILES string of the molecule is Cc1cc(C(=O)NCCOCCN)c(C)o1. The van der Waals surface area contributed by atoms with Gasteiger partial charge in [0.2, 0.25) is 0 Å². The van der Waals surface area contributed by atoms with Crippen LogP contribution in [0.15, 0.2) is 10.5 Å². The lowest BCUT2D eigenvalue weighted by atomic mass is 10.2. The maximum absolute atomic E-state index is 11.7. The molecule has 16 heavy (non-hydrogen) atoms. The van der Waals surface area contributed by atoms with Crippen LogP contribution in [-0.4, -0.2) is 32.2 Å². The van der Waals surface area contributed by atoms with Gasteiger partial charge in [-0.1, -0.05) is 0 Å². The number of furan rings is 1. The highest BCUT2D eigenvalue weighted by Crippen LogP contribution is 2.12. The molecule has 0 aliphatic carbocycles. The summed E-state index contributed by atoms with van der Waals surface area (Å²) in [6.07, 6.45) is 0. The molecule has 1 aromatic rings. The Balaban J connectivity index is 2.33. The van der Waals surface area contributed by atoms with Gasteiger partial charge in [-0.2, -0.15) is 0 Å². The van der Waals surface area contributed by atoms with Gasteiger partial charge in [-0.15, -0.1) is 0 Å². The molecule has 0 saturated heterocycles. The van der Waals surface area contributed by atoms with E-state index in [0.717, 1.165) is 5.76 Å². The molecular formula is C11H18N2O3. The van der Waals surface area contributed by atoms with Crippen LogP contribution in [0.3, 0.4) is 0 Å². The predicted octanol–water partition coefficient (Wildman–Crippen LogP) is 0.602. The summed E-state index contributed by atoms with van der Waals surface area (Å²) < 4.78 is 10.4. The average Bonchev–Trinajstić information content (AvgIpc) is 2.57. The first-order chi connectivity index (χ1) is 7.65. The van der Waals surface area contributed by atoms with Crippen LogP contribution >= 0.6 is 0 Å². The van der Waals surface area contributed by atoms with E-state index in [-0.39, 0.29) is 5.91 Å². The van der Waals surface area contributed by atoms with Gasteiger partial charge < -0.3 is 20.2 Å². The highest BCUT2D eigenvalue weighted by molar-refractivity contribution is 5.95. The number of nitrogens with one attached hydrogen (secondary N) is 1. The Labute approximate surface area is 94.9 Å². The second-order valence-electron chi connectivity index (χ2n) is 3.48. The average molecular weight is 226 g/mol. The van der Waals surface area contributed by atoms with Crippen molar-refractivity contribution in [2.45, 2.75) is 13.8 Å². The van der Waals surface area contributed by atoms with E-state index < -0.39 is 0 Å². The van der Waals surface area contributed by atoms with Gasteiger partial charge in [0.05, 0.1) is 18.8 Å². The van der Waals surface area contributed by atoms with Gasteiger partial charge in [0.1, 0.15) is 11.5 Å². The summed E-state index contributed by atoms with van der Waals surface area (Å²) in [5.74, 6) is 1.24. The van der Waals surface area contributed by atoms with Crippen LogP contribution in [0.5, 0.6) is 0 Å². The van der Waals surface area contributed by atoms with E-state index in [1.165, 1.54) is 0 Å². The van der Waals surface area contributed by atoms with Gasteiger partial charge in [0, 0.05) is 13.1 Å². The minimum absolute atomic E-state index is 0.134. The normalized spacial score (nSPS) is 10.4. The molecule has 5 heteroatoms. The van der Waals surface area contributed by atoms with E-state index in [9.17, 15) is 4.79 Å². The number of carbonyl (C=O) groups is 1. The third-order valence-electron chi connectivity index (χ3n) is 2.08. The fourth-order valence-corrected chi connectivity index (χ4v) is 1.37. The summed E-state index contributed by atoms with van der Waals surface area (Å²) >= 11 is 0. The van der Waals surface area contributed by atoms with Crippen molar-refractivity contribution >= 4 is 5.91 Å². The van der Waals surface area contributed by atoms with Crippen molar-refractivity contribution in [1.82, 2.24) is 5.32 Å². The zero-order valence-electron chi connectivity index (χ0n) is 9.71. The van der Waals surface area contributed by atoms with E-state index >= 15 is 0 Å². The van der Waals surface area contributed by atoms with Gasteiger partial charge in [0.25, 0.3) is 5.91 Å². The highest BCUT2D eigenvalue weighted by Gasteiger charge is 2.12. The summed E-state index contributed by atoms with van der Waals surface area (Å²) in [6.45, 7) is 5.54. The van der Waals surface area contributed by atoms with Crippen LogP contribution < -0.4 is 11.1 Å². The fourth-order valence-electron chi connectivity index (χ4n) is 1.37. The number of aryl methyl sites for hydroxylation is 2. The number of hydrogen-bond acceptors (Lipinski definition) is 4. The number of carbonyl (C=O) groups excluding carboxylic acids is 1. The highest BCUT2D eigenvalue weighted by atomic mass is 16.5. The molecule has 1 heterocycles. The molecule has 0 aliphatic heterocycles. The Morgan fingerprint density at radius 2 is 2.25 bits per heavy atom. The fraction of sp³-hybridized carbons (Fsp3) is 0.545. The largest absolute Gasteiger partial charge is 0.466 e. The Bertz CT molecular complexity index is 347. The molecule has 3 N–H and O–H groups in total. The Morgan fingerprint density at radius 1 is 1.50 bits per heavy atom. The molecule has 0 spiro atoms. The van der Waals surface area contributed by atoms with Crippen LogP contribution in [0.2, 0.25) is 0 Å². The Hall–Kier alpha value is -1.33. The molecule has 0 aliphatic rings. The van der Waals surface area contributed by atoms with E-state index in [4.69, 9.17) is 14.9 Å². The molecular weight excluding hydrogens is 208 g/mol. The lowest BCUT2D eigenvalue weighted by Crippen LogP contribution is -2.28. The van der Waals surface area contributed by atoms with Gasteiger partial charge in [-0.25, -0.2) is 0 Å². The van der Waals surface area contributed by atoms with Crippen molar-refractivity contribution in [2.75, 3.05) is 26.3 Å². The minimum atomic E-state index is -0.134. The minimum Gasteiger partial charge on any atom is -0.466 e. The molecule has 0 atom stereocenters. The second kappa shape index (κ2) is 6.30. The maximum atomic E-state index is 11.7. The first-order valence-corrected chi connectivity index (χ1v) is 5.28. The smallest absolute Gasteiger partial charge is 0.254 e. The van der Waals surface area contributed by atoms with Crippen LogP contribution in [0, 0.1) is 13.8 Å². The number of hydrogen-bond donors (Lipinski definition) is 2. The van der Waals surface area contributed by atoms with Gasteiger partial charge in [-0.05, 0) is 19.9 Å². The molecule has 1 rings (SSSR count). The summed E-state index contributed by atoms with van der Waals surface area (Å²) in [6, 6.07) is 1.73. The third-order valence-corrected chi connectivity index (χ3v) is 2.08. The third kappa shape index (κ3) is 3.67. The molecule has 0 saturated carbocycles. The van der Waals surface area contributed by atoms with Crippen molar-refractivity contribution in [3.05, 3.63) is 23.2 Å². The quantitative estimate of drug-likeness (QED) is 0.696. The molecule has 0 unspecified atom stereocenters. The van der Waals surface area contributed by atoms with Crippen LogP contribution in [-0.2, 0) is 4.74 Å². The lowest BCUT2D eigenvalue weighted by molar-refractivity contribution is 0.0918. The van der Waals surface area contributed by atoms with Gasteiger partial charge in [-0.3, -0.25) is 4.79 Å². The molecule has 1 aromatic heterocycles. The van der Waals surface area contributed by atoms with Gasteiger partial charge in [0.15, 0.2) is 0 Å². The number of nitrogens with two attached hydrogens (primary N) is 1. The van der Waals surface area contributed by atoms with E-state index in [1.807, 2.05) is 6.92 Å². The summed E-state index contributed by atoms with van der Waals surface area (Å²) in [4.78, 5) is 11.7. The van der Waals surface area contributed by atoms with Crippen LogP contribution in [0.1, 0.15) is 21.9 Å². The van der Waals surface area contributed by atoms with E-state index in [1.54, 1.807) is 13.0 Å². The second-order valence-corrected chi connectivity index (χ2v) is 3.48. The maximum Gasteiger partial charge on any atom is 0.254 e. The predicted molar refractivity (Wildman–Crippen MR) is 60.4 cm³/mol. The van der Waals surface area contributed by atoms with Crippen LogP contribution in [0.25, 0.3) is 0 Å². The Kier molecular flexibility index (Phi) is 5.01. The van der Waals surface area contributed by atoms with Crippen molar-refractivity contribution in [3.8, 4) is 0 Å². The number of amides is 1. The molecule has 0 aromatic carbocycles. The van der Waals surface area contributed by atoms with E-state index in [2.05, 4.69) is 5.32 Å². The summed E-state index contributed by atoms with van der Waals surface area (Å²) in [7, 11) is 0. The molecule has 90 valence electrons. The molecule has 1 amide bonds. The van der Waals surface area contributed by atoms with Crippen molar-refractivity contribution in [1.29, 1.82) is 0 Å². The van der Waals surface area contributed by atoms with Crippen LogP contribution in [0.4, 0.5) is 0 Å². The Morgan fingerprint density at radius 3 is 2.81 bits per heavy atom. The first kappa shape index (κ1) is 12.7. The molecule has 0 fully saturated rings. The van der Waals surface area contributed by atoms with Crippen molar-refractivity contribution in [2.24, 2.45) is 5.73 Å². The topological polar surface area (TPSA) is 77.5 Å². The number of ether oxygens (including phenoxy) is 1. The zero-order valence-corrected chi connectivity index (χ0v) is 9.71. The first-order valence-electron chi connectivity index (χ1n) is 5.28. The van der Waals surface area contributed by atoms with Crippen molar-refractivity contribution in [3.63, 3.8) is 0 Å². The molecule has 0 radical (unpaired) electrons. The summed E-state index contributed by atoms with van der Waals surface area (Å²) in [5.41, 5.74) is 5.84. The number of rotatable bonds is 6. The molecule has 5 nitrogen and oxygen atoms in total. The molecule has 0 bridgehead atoms. The zero-order chi connectivity index (χ0) is 12.0. The monoisotopic (exact) mass is 226 g/mol. The standard InChI is InChI=1S/C11H18N2O3/c1-8-7-10(9(2)16-8)11(14)13-4-6-15-5-3-12/h7H,3-6,12H2,1-2H3,(H,13,14). The lowest BCUT2D eigenvalue weighted by Gasteiger charge is -2.04. The van der Waals surface area contributed by atoms with E-state index in [0.29, 0.717) is 37.6 Å². The van der Waals surface area contributed by atoms with Crippen molar-refractivity contribution < 1.29 is 13.9 Å².